The van der Waals surface area contributed by atoms with E-state index in [-0.39, 0.29) is 0 Å². The number of unbranched alkanes of at least 4 members (excludes halogenated alkanes) is 2. The van der Waals surface area contributed by atoms with Gasteiger partial charge in [0.25, 0.3) is 0 Å². The number of aromatic amines is 1. The van der Waals surface area contributed by atoms with E-state index < -0.39 is 0 Å². The number of hydrogen-bond acceptors (Lipinski definition) is 4. The Hall–Kier alpha value is -1.59. The monoisotopic (exact) mass is 277 g/mol. The van der Waals surface area contributed by atoms with Crippen molar-refractivity contribution in [3.63, 3.8) is 0 Å². The van der Waals surface area contributed by atoms with Crippen LogP contribution in [0.1, 0.15) is 30.6 Å². The van der Waals surface area contributed by atoms with E-state index in [2.05, 4.69) is 15.5 Å². The van der Waals surface area contributed by atoms with Crippen molar-refractivity contribution in [2.45, 2.75) is 32.7 Å². The Bertz CT molecular complexity index is 505. The highest BCUT2D eigenvalue weighted by molar-refractivity contribution is 5.56. The molecule has 0 fully saturated rings. The van der Waals surface area contributed by atoms with Gasteiger partial charge in [0.15, 0.2) is 5.76 Å². The van der Waals surface area contributed by atoms with Crippen LogP contribution < -0.4 is 5.32 Å². The van der Waals surface area contributed by atoms with E-state index in [1.54, 1.807) is 7.11 Å². The van der Waals surface area contributed by atoms with Gasteiger partial charge in [0.2, 0.25) is 0 Å². The molecule has 110 valence electrons. The molecule has 0 amide bonds. The SMILES string of the molecule is COCCCCCNCc1cn[nH]c1-c1ccc(C)o1. The molecule has 2 N–H and O–H groups in total. The molecule has 0 saturated heterocycles. The topological polar surface area (TPSA) is 63.1 Å². The van der Waals surface area contributed by atoms with Crippen LogP contribution in [0.5, 0.6) is 0 Å². The normalized spacial score (nSPS) is 11.1. The number of H-pyrrole nitrogens is 1. The van der Waals surface area contributed by atoms with Crippen LogP contribution in [0.25, 0.3) is 11.5 Å². The van der Waals surface area contributed by atoms with Crippen LogP contribution >= 0.6 is 0 Å². The van der Waals surface area contributed by atoms with Crippen molar-refractivity contribution in [3.05, 3.63) is 29.7 Å². The number of furan rings is 1. The zero-order valence-corrected chi connectivity index (χ0v) is 12.2. The van der Waals surface area contributed by atoms with Gasteiger partial charge in [0, 0.05) is 25.8 Å². The van der Waals surface area contributed by atoms with Gasteiger partial charge in [-0.15, -0.1) is 0 Å². The number of rotatable bonds is 9. The largest absolute Gasteiger partial charge is 0.460 e. The second kappa shape index (κ2) is 7.87. The molecule has 2 aromatic heterocycles. The lowest BCUT2D eigenvalue weighted by atomic mass is 10.2. The summed E-state index contributed by atoms with van der Waals surface area (Å²) in [5, 5.41) is 10.5. The maximum Gasteiger partial charge on any atom is 0.152 e. The summed E-state index contributed by atoms with van der Waals surface area (Å²) >= 11 is 0. The van der Waals surface area contributed by atoms with Crippen molar-refractivity contribution in [1.29, 1.82) is 0 Å². The third-order valence-corrected chi connectivity index (χ3v) is 3.22. The molecule has 0 aliphatic carbocycles. The first-order valence-corrected chi connectivity index (χ1v) is 7.10. The maximum atomic E-state index is 5.63. The lowest BCUT2D eigenvalue weighted by molar-refractivity contribution is 0.192. The maximum absolute atomic E-state index is 5.63. The molecule has 0 aliphatic rings. The van der Waals surface area contributed by atoms with Crippen LogP contribution in [0.4, 0.5) is 0 Å². The quantitative estimate of drug-likeness (QED) is 0.692. The summed E-state index contributed by atoms with van der Waals surface area (Å²) in [7, 11) is 1.75. The van der Waals surface area contributed by atoms with Crippen molar-refractivity contribution in [1.82, 2.24) is 15.5 Å². The summed E-state index contributed by atoms with van der Waals surface area (Å²) < 4.78 is 10.7. The molecule has 0 radical (unpaired) electrons. The van der Waals surface area contributed by atoms with Crippen molar-refractivity contribution < 1.29 is 9.15 Å². The highest BCUT2D eigenvalue weighted by Gasteiger charge is 2.10. The number of hydrogen-bond donors (Lipinski definition) is 2. The fraction of sp³-hybridized carbons (Fsp3) is 0.533. The van der Waals surface area contributed by atoms with Gasteiger partial charge in [-0.25, -0.2) is 0 Å². The highest BCUT2D eigenvalue weighted by atomic mass is 16.5. The van der Waals surface area contributed by atoms with E-state index in [4.69, 9.17) is 9.15 Å². The molecule has 5 nitrogen and oxygen atoms in total. The number of methoxy groups -OCH3 is 1. The average Bonchev–Trinajstić information content (AvgIpc) is 3.06. The van der Waals surface area contributed by atoms with E-state index in [1.807, 2.05) is 25.3 Å². The highest BCUT2D eigenvalue weighted by Crippen LogP contribution is 2.23. The van der Waals surface area contributed by atoms with E-state index in [1.165, 1.54) is 6.42 Å². The Kier molecular flexibility index (Phi) is 5.83. The van der Waals surface area contributed by atoms with Gasteiger partial charge in [-0.05, 0) is 44.9 Å². The standard InChI is InChI=1S/C15H23N3O2/c1-12-6-7-14(20-12)15-13(11-17-18-15)10-16-8-4-3-5-9-19-2/h6-7,11,16H,3-5,8-10H2,1-2H3,(H,17,18). The molecule has 0 bridgehead atoms. The van der Waals surface area contributed by atoms with E-state index in [0.29, 0.717) is 0 Å². The van der Waals surface area contributed by atoms with Gasteiger partial charge in [-0.3, -0.25) is 5.10 Å². The summed E-state index contributed by atoms with van der Waals surface area (Å²) in [6.45, 7) is 4.60. The van der Waals surface area contributed by atoms with Crippen molar-refractivity contribution in [3.8, 4) is 11.5 Å². The molecule has 0 unspecified atom stereocenters. The molecule has 0 spiro atoms. The van der Waals surface area contributed by atoms with Crippen LogP contribution in [-0.2, 0) is 11.3 Å². The number of aromatic nitrogens is 2. The van der Waals surface area contributed by atoms with Crippen LogP contribution in [0.3, 0.4) is 0 Å². The molecule has 2 rings (SSSR count). The predicted octanol–water partition coefficient (Wildman–Crippen LogP) is 2.88. The van der Waals surface area contributed by atoms with Crippen molar-refractivity contribution in [2.75, 3.05) is 20.3 Å². The number of nitrogens with zero attached hydrogens (tertiary/aromatic N) is 1. The minimum absolute atomic E-state index is 0.801. The fourth-order valence-corrected chi connectivity index (χ4v) is 2.12. The lowest BCUT2D eigenvalue weighted by Crippen LogP contribution is -2.14. The Balaban J connectivity index is 1.75. The van der Waals surface area contributed by atoms with Crippen molar-refractivity contribution in [2.24, 2.45) is 0 Å². The molecule has 2 aromatic rings. The van der Waals surface area contributed by atoms with Gasteiger partial charge in [-0.2, -0.15) is 5.10 Å². The smallest absolute Gasteiger partial charge is 0.152 e. The molecular formula is C15H23N3O2. The van der Waals surface area contributed by atoms with Gasteiger partial charge in [-0.1, -0.05) is 0 Å². The number of ether oxygens (including phenoxy) is 1. The van der Waals surface area contributed by atoms with Gasteiger partial charge >= 0.3 is 0 Å². The zero-order valence-electron chi connectivity index (χ0n) is 12.2. The van der Waals surface area contributed by atoms with Gasteiger partial charge < -0.3 is 14.5 Å². The predicted molar refractivity (Wildman–Crippen MR) is 78.5 cm³/mol. The van der Waals surface area contributed by atoms with Crippen LogP contribution in [-0.4, -0.2) is 30.5 Å². The van der Waals surface area contributed by atoms with Crippen LogP contribution in [0.2, 0.25) is 0 Å². The van der Waals surface area contributed by atoms with Crippen LogP contribution in [0, 0.1) is 6.92 Å². The molecular weight excluding hydrogens is 254 g/mol. The average molecular weight is 277 g/mol. The molecule has 20 heavy (non-hydrogen) atoms. The first-order valence-electron chi connectivity index (χ1n) is 7.10. The third-order valence-electron chi connectivity index (χ3n) is 3.22. The van der Waals surface area contributed by atoms with Crippen molar-refractivity contribution >= 4 is 0 Å². The molecule has 0 aliphatic heterocycles. The first-order chi connectivity index (χ1) is 9.81. The number of nitrogens with one attached hydrogen (secondary N) is 2. The molecule has 5 heteroatoms. The third kappa shape index (κ3) is 4.21. The minimum atomic E-state index is 0.801. The second-order valence-corrected chi connectivity index (χ2v) is 4.91. The Morgan fingerprint density at radius 2 is 2.20 bits per heavy atom. The Morgan fingerprint density at radius 3 is 2.95 bits per heavy atom. The molecule has 2 heterocycles. The lowest BCUT2D eigenvalue weighted by Gasteiger charge is -2.04. The minimum Gasteiger partial charge on any atom is -0.460 e. The van der Waals surface area contributed by atoms with Crippen LogP contribution in [0.15, 0.2) is 22.7 Å². The number of aryl methyl sites for hydroxylation is 1. The summed E-state index contributed by atoms with van der Waals surface area (Å²) in [4.78, 5) is 0. The van der Waals surface area contributed by atoms with E-state index in [9.17, 15) is 0 Å². The Morgan fingerprint density at radius 1 is 1.30 bits per heavy atom. The second-order valence-electron chi connectivity index (χ2n) is 4.91. The fourth-order valence-electron chi connectivity index (χ4n) is 2.12. The van der Waals surface area contributed by atoms with E-state index >= 15 is 0 Å². The van der Waals surface area contributed by atoms with E-state index in [0.717, 1.165) is 55.3 Å². The molecule has 0 atom stereocenters. The van der Waals surface area contributed by atoms with Gasteiger partial charge in [0.1, 0.15) is 11.5 Å². The molecule has 0 saturated carbocycles. The molecule has 0 aromatic carbocycles. The van der Waals surface area contributed by atoms with Gasteiger partial charge in [0.05, 0.1) is 6.20 Å². The first kappa shape index (κ1) is 14.8. The Labute approximate surface area is 119 Å². The summed E-state index contributed by atoms with van der Waals surface area (Å²) in [5.41, 5.74) is 2.10. The summed E-state index contributed by atoms with van der Waals surface area (Å²) in [5.74, 6) is 1.75. The summed E-state index contributed by atoms with van der Waals surface area (Å²) in [6, 6.07) is 3.93. The zero-order chi connectivity index (χ0) is 14.2. The summed E-state index contributed by atoms with van der Waals surface area (Å²) in [6.07, 6.45) is 5.33.